The highest BCUT2D eigenvalue weighted by molar-refractivity contribution is 5.78. The second-order valence-corrected chi connectivity index (χ2v) is 10.7. The second-order valence-electron chi connectivity index (χ2n) is 10.7. The molecule has 2 aliphatic rings. The van der Waals surface area contributed by atoms with E-state index < -0.39 is 36.4 Å². The van der Waals surface area contributed by atoms with E-state index in [0.29, 0.717) is 0 Å². The molecule has 0 amide bonds. The number of carbonyl (C=O) groups excluding carboxylic acids is 2. The zero-order chi connectivity index (χ0) is 26.7. The maximum absolute atomic E-state index is 13.6. The number of hydrogen-bond acceptors (Lipinski definition) is 6. The SMILES string of the molecule is CO[C@H](C(=O)O[C@H](C1CCCCC1)[C@H](OC(=O)[C@@H](OC)c1ccccc1)C1CCCCC1)c1ccccc1. The number of methoxy groups -OCH3 is 2. The molecule has 2 fully saturated rings. The van der Waals surface area contributed by atoms with Gasteiger partial charge in [0.25, 0.3) is 0 Å². The van der Waals surface area contributed by atoms with Crippen molar-refractivity contribution < 1.29 is 28.5 Å². The number of ether oxygens (including phenoxy) is 4. The number of carbonyl (C=O) groups is 2. The Kier molecular flexibility index (Phi) is 10.8. The average Bonchev–Trinajstić information content (AvgIpc) is 2.98. The number of hydrogen-bond donors (Lipinski definition) is 0. The first-order chi connectivity index (χ1) is 18.6. The fraction of sp³-hybridized carbons (Fsp3) is 0.562. The minimum Gasteiger partial charge on any atom is -0.456 e. The molecule has 0 bridgehead atoms. The third kappa shape index (κ3) is 7.23. The van der Waals surface area contributed by atoms with Crippen LogP contribution < -0.4 is 0 Å². The molecule has 0 spiro atoms. The van der Waals surface area contributed by atoms with E-state index in [2.05, 4.69) is 0 Å². The van der Waals surface area contributed by atoms with Gasteiger partial charge < -0.3 is 18.9 Å². The molecule has 38 heavy (non-hydrogen) atoms. The zero-order valence-corrected chi connectivity index (χ0v) is 22.8. The van der Waals surface area contributed by atoms with Gasteiger partial charge in [-0.3, -0.25) is 0 Å². The topological polar surface area (TPSA) is 71.1 Å². The Hall–Kier alpha value is -2.70. The van der Waals surface area contributed by atoms with E-state index in [9.17, 15) is 9.59 Å². The number of rotatable bonds is 11. The van der Waals surface area contributed by atoms with Gasteiger partial charge >= 0.3 is 11.9 Å². The smallest absolute Gasteiger partial charge is 0.340 e. The van der Waals surface area contributed by atoms with E-state index in [1.807, 2.05) is 60.7 Å². The molecule has 0 N–H and O–H groups in total. The monoisotopic (exact) mass is 522 g/mol. The summed E-state index contributed by atoms with van der Waals surface area (Å²) in [6.07, 6.45) is 7.79. The van der Waals surface area contributed by atoms with Crippen LogP contribution in [0.3, 0.4) is 0 Å². The summed E-state index contributed by atoms with van der Waals surface area (Å²) >= 11 is 0. The van der Waals surface area contributed by atoms with Crippen molar-refractivity contribution in [3.63, 3.8) is 0 Å². The first kappa shape index (κ1) is 28.3. The van der Waals surface area contributed by atoms with Crippen molar-refractivity contribution in [1.82, 2.24) is 0 Å². The number of benzene rings is 2. The summed E-state index contributed by atoms with van der Waals surface area (Å²) in [6.45, 7) is 0. The lowest BCUT2D eigenvalue weighted by atomic mass is 9.76. The van der Waals surface area contributed by atoms with Crippen LogP contribution in [0.2, 0.25) is 0 Å². The fourth-order valence-corrected chi connectivity index (χ4v) is 6.17. The van der Waals surface area contributed by atoms with E-state index in [1.54, 1.807) is 0 Å². The molecule has 0 unspecified atom stereocenters. The Morgan fingerprint density at radius 2 is 0.921 bits per heavy atom. The van der Waals surface area contributed by atoms with Crippen LogP contribution in [0, 0.1) is 11.8 Å². The number of esters is 2. The summed E-state index contributed by atoms with van der Waals surface area (Å²) in [6, 6.07) is 18.8. The maximum atomic E-state index is 13.6. The first-order valence-corrected chi connectivity index (χ1v) is 14.2. The van der Waals surface area contributed by atoms with E-state index in [0.717, 1.165) is 62.5 Å². The Morgan fingerprint density at radius 1 is 0.579 bits per heavy atom. The van der Waals surface area contributed by atoms with Crippen molar-refractivity contribution in [1.29, 1.82) is 0 Å². The summed E-state index contributed by atoms with van der Waals surface area (Å²) in [5.41, 5.74) is 1.49. The molecule has 0 saturated heterocycles. The minimum atomic E-state index is -0.832. The average molecular weight is 523 g/mol. The van der Waals surface area contributed by atoms with Gasteiger partial charge in [0.2, 0.25) is 0 Å². The summed E-state index contributed by atoms with van der Waals surface area (Å²) in [5.74, 6) is -0.591. The maximum Gasteiger partial charge on any atom is 0.340 e. The predicted octanol–water partition coefficient (Wildman–Crippen LogP) is 6.75. The lowest BCUT2D eigenvalue weighted by molar-refractivity contribution is -0.192. The molecule has 2 aromatic carbocycles. The van der Waals surface area contributed by atoms with E-state index in [-0.39, 0.29) is 11.8 Å². The summed E-state index contributed by atoms with van der Waals surface area (Å²) < 4.78 is 23.9. The van der Waals surface area contributed by atoms with Crippen molar-refractivity contribution in [3.8, 4) is 0 Å². The van der Waals surface area contributed by atoms with Crippen LogP contribution in [0.1, 0.15) is 87.5 Å². The second kappa shape index (κ2) is 14.5. The van der Waals surface area contributed by atoms with Crippen molar-refractivity contribution in [2.75, 3.05) is 14.2 Å². The Bertz CT molecular complexity index is 900. The largest absolute Gasteiger partial charge is 0.456 e. The first-order valence-electron chi connectivity index (χ1n) is 14.2. The zero-order valence-electron chi connectivity index (χ0n) is 22.8. The van der Waals surface area contributed by atoms with Gasteiger partial charge in [0, 0.05) is 14.2 Å². The van der Waals surface area contributed by atoms with Crippen molar-refractivity contribution >= 4 is 11.9 Å². The highest BCUT2D eigenvalue weighted by atomic mass is 16.6. The van der Waals surface area contributed by atoms with Crippen LogP contribution in [0.25, 0.3) is 0 Å². The molecule has 0 aromatic heterocycles. The summed E-state index contributed by atoms with van der Waals surface area (Å²) in [4.78, 5) is 27.2. The van der Waals surface area contributed by atoms with Crippen molar-refractivity contribution in [3.05, 3.63) is 71.8 Å². The third-order valence-electron chi connectivity index (χ3n) is 8.16. The molecule has 206 valence electrons. The van der Waals surface area contributed by atoms with Crippen molar-refractivity contribution in [2.45, 2.75) is 88.6 Å². The molecular formula is C32H42O6. The van der Waals surface area contributed by atoms with Crippen LogP contribution >= 0.6 is 0 Å². The predicted molar refractivity (Wildman–Crippen MR) is 145 cm³/mol. The molecule has 0 radical (unpaired) electrons. The van der Waals surface area contributed by atoms with Crippen LogP contribution in [0.5, 0.6) is 0 Å². The van der Waals surface area contributed by atoms with Gasteiger partial charge in [-0.15, -0.1) is 0 Å². The van der Waals surface area contributed by atoms with Gasteiger partial charge in [0.1, 0.15) is 12.2 Å². The van der Waals surface area contributed by atoms with Gasteiger partial charge in [-0.2, -0.15) is 0 Å². The van der Waals surface area contributed by atoms with Crippen LogP contribution in [0.4, 0.5) is 0 Å². The molecule has 2 aliphatic carbocycles. The van der Waals surface area contributed by atoms with Gasteiger partial charge in [-0.25, -0.2) is 9.59 Å². The minimum absolute atomic E-state index is 0.137. The normalized spacial score (nSPS) is 20.2. The Balaban J connectivity index is 1.62. The highest BCUT2D eigenvalue weighted by Crippen LogP contribution is 2.38. The molecular weight excluding hydrogens is 480 g/mol. The molecule has 2 saturated carbocycles. The fourth-order valence-electron chi connectivity index (χ4n) is 6.17. The van der Waals surface area contributed by atoms with Crippen LogP contribution in [-0.2, 0) is 28.5 Å². The quantitative estimate of drug-likeness (QED) is 0.304. The molecule has 2 aromatic rings. The van der Waals surface area contributed by atoms with Crippen molar-refractivity contribution in [2.24, 2.45) is 11.8 Å². The van der Waals surface area contributed by atoms with Gasteiger partial charge in [-0.05, 0) is 48.6 Å². The highest BCUT2D eigenvalue weighted by Gasteiger charge is 2.43. The Labute approximate surface area is 227 Å². The van der Waals surface area contributed by atoms with Gasteiger partial charge in [0.05, 0.1) is 0 Å². The summed E-state index contributed by atoms with van der Waals surface area (Å²) in [5, 5.41) is 0. The molecule has 6 nitrogen and oxygen atoms in total. The van der Waals surface area contributed by atoms with E-state index in [4.69, 9.17) is 18.9 Å². The Morgan fingerprint density at radius 3 is 1.24 bits per heavy atom. The lowest BCUT2D eigenvalue weighted by Crippen LogP contribution is -2.47. The molecule has 4 atom stereocenters. The van der Waals surface area contributed by atoms with E-state index in [1.165, 1.54) is 27.1 Å². The molecule has 4 rings (SSSR count). The standard InChI is InChI=1S/C32H42O6/c1-35-29(25-19-11-5-12-20-25)31(33)37-27(23-15-7-3-8-16-23)28(24-17-9-4-10-18-24)38-32(34)30(36-2)26-21-13-6-14-22-26/h5-6,11-14,19-24,27-30H,3-4,7-10,15-18H2,1-2H3/t27-,28-,29+,30+/m1/s1. The molecule has 0 aliphatic heterocycles. The van der Waals surface area contributed by atoms with Gasteiger partial charge in [0.15, 0.2) is 12.2 Å². The summed E-state index contributed by atoms with van der Waals surface area (Å²) in [7, 11) is 3.05. The van der Waals surface area contributed by atoms with Crippen LogP contribution in [-0.4, -0.2) is 38.4 Å². The molecule has 0 heterocycles. The molecule has 6 heteroatoms. The lowest BCUT2D eigenvalue weighted by Gasteiger charge is -2.40. The van der Waals surface area contributed by atoms with E-state index >= 15 is 0 Å². The van der Waals surface area contributed by atoms with Crippen LogP contribution in [0.15, 0.2) is 60.7 Å². The third-order valence-corrected chi connectivity index (χ3v) is 8.16. The van der Waals surface area contributed by atoms with Gasteiger partial charge in [-0.1, -0.05) is 99.2 Å².